The molecule has 1 atom stereocenters. The minimum atomic E-state index is -0.481. The van der Waals surface area contributed by atoms with Crippen molar-refractivity contribution in [1.82, 2.24) is 15.5 Å². The van der Waals surface area contributed by atoms with Crippen LogP contribution in [0.4, 0.5) is 0 Å². The number of nitrogens with two attached hydrogens (primary N) is 1. The second-order valence-corrected chi connectivity index (χ2v) is 2.68. The van der Waals surface area contributed by atoms with E-state index in [0.29, 0.717) is 18.8 Å². The summed E-state index contributed by atoms with van der Waals surface area (Å²) in [6, 6.07) is -0.481. The van der Waals surface area contributed by atoms with Gasteiger partial charge in [-0.05, 0) is 6.92 Å². The van der Waals surface area contributed by atoms with Gasteiger partial charge in [-0.25, -0.2) is 0 Å². The van der Waals surface area contributed by atoms with Crippen LogP contribution in [0.2, 0.25) is 0 Å². The lowest BCUT2D eigenvalue weighted by molar-refractivity contribution is -0.121. The van der Waals surface area contributed by atoms with Gasteiger partial charge in [0.05, 0.1) is 6.04 Å². The third-order valence-electron chi connectivity index (χ3n) is 1.47. The molecule has 0 aromatic carbocycles. The van der Waals surface area contributed by atoms with Crippen LogP contribution in [0.5, 0.6) is 0 Å². The van der Waals surface area contributed by atoms with E-state index in [9.17, 15) is 4.79 Å². The van der Waals surface area contributed by atoms with Crippen LogP contribution in [-0.4, -0.2) is 28.6 Å². The zero-order chi connectivity index (χ0) is 9.68. The first-order chi connectivity index (χ1) is 6.20. The maximum absolute atomic E-state index is 11.0. The van der Waals surface area contributed by atoms with Crippen molar-refractivity contribution in [1.29, 1.82) is 0 Å². The molecule has 1 amide bonds. The molecule has 13 heavy (non-hydrogen) atoms. The monoisotopic (exact) mass is 184 g/mol. The van der Waals surface area contributed by atoms with Crippen molar-refractivity contribution < 1.29 is 9.32 Å². The van der Waals surface area contributed by atoms with Gasteiger partial charge in [0.25, 0.3) is 0 Å². The summed E-state index contributed by atoms with van der Waals surface area (Å²) in [5, 5.41) is 6.22. The fourth-order valence-corrected chi connectivity index (χ4v) is 0.761. The number of carbonyl (C=O) groups is 1. The van der Waals surface area contributed by atoms with Gasteiger partial charge in [-0.15, -0.1) is 0 Å². The number of aromatic nitrogens is 2. The molecule has 72 valence electrons. The van der Waals surface area contributed by atoms with E-state index in [1.807, 2.05) is 0 Å². The van der Waals surface area contributed by atoms with Crippen molar-refractivity contribution in [3.8, 4) is 0 Å². The first-order valence-electron chi connectivity index (χ1n) is 3.98. The molecule has 1 unspecified atom stereocenters. The van der Waals surface area contributed by atoms with Crippen molar-refractivity contribution in [3.63, 3.8) is 0 Å². The zero-order valence-electron chi connectivity index (χ0n) is 7.36. The molecular weight excluding hydrogens is 172 g/mol. The van der Waals surface area contributed by atoms with E-state index in [1.165, 1.54) is 6.39 Å². The molecule has 1 aromatic heterocycles. The quantitative estimate of drug-likeness (QED) is 0.630. The van der Waals surface area contributed by atoms with Gasteiger partial charge in [0.2, 0.25) is 12.3 Å². The topological polar surface area (TPSA) is 94.0 Å². The SMILES string of the molecule is CC(N)C(=O)NCCc1ncon1. The highest BCUT2D eigenvalue weighted by Gasteiger charge is 2.06. The Morgan fingerprint density at radius 1 is 1.85 bits per heavy atom. The van der Waals surface area contributed by atoms with Crippen molar-refractivity contribution in [2.75, 3.05) is 6.54 Å². The van der Waals surface area contributed by atoms with Crippen LogP contribution in [-0.2, 0) is 11.2 Å². The molecule has 1 rings (SSSR count). The molecule has 0 aliphatic carbocycles. The number of nitrogens with zero attached hydrogens (tertiary/aromatic N) is 2. The smallest absolute Gasteiger partial charge is 0.236 e. The summed E-state index contributed by atoms with van der Waals surface area (Å²) in [6.45, 7) is 2.10. The minimum Gasteiger partial charge on any atom is -0.354 e. The number of hydrogen-bond acceptors (Lipinski definition) is 5. The second-order valence-electron chi connectivity index (χ2n) is 2.68. The third kappa shape index (κ3) is 3.20. The van der Waals surface area contributed by atoms with Gasteiger partial charge >= 0.3 is 0 Å². The van der Waals surface area contributed by atoms with E-state index < -0.39 is 6.04 Å². The lowest BCUT2D eigenvalue weighted by Gasteiger charge is -2.05. The molecule has 0 saturated carbocycles. The van der Waals surface area contributed by atoms with Gasteiger partial charge in [-0.2, -0.15) is 4.98 Å². The van der Waals surface area contributed by atoms with E-state index >= 15 is 0 Å². The molecule has 0 aliphatic heterocycles. The van der Waals surface area contributed by atoms with Crippen LogP contribution in [0.25, 0.3) is 0 Å². The number of hydrogen-bond donors (Lipinski definition) is 2. The number of amides is 1. The summed E-state index contributed by atoms with van der Waals surface area (Å²) < 4.78 is 4.52. The molecule has 6 heteroatoms. The second kappa shape index (κ2) is 4.56. The average Bonchev–Trinajstić information content (AvgIpc) is 2.56. The standard InChI is InChI=1S/C7H12N4O2/c1-5(8)7(12)9-3-2-6-10-4-13-11-6/h4-5H,2-3,8H2,1H3,(H,9,12). The molecule has 6 nitrogen and oxygen atoms in total. The summed E-state index contributed by atoms with van der Waals surface area (Å²) >= 11 is 0. The van der Waals surface area contributed by atoms with Gasteiger partial charge in [-0.1, -0.05) is 5.16 Å². The van der Waals surface area contributed by atoms with Crippen LogP contribution < -0.4 is 11.1 Å². The Kier molecular flexibility index (Phi) is 3.39. The highest BCUT2D eigenvalue weighted by atomic mass is 16.5. The number of rotatable bonds is 4. The molecule has 0 radical (unpaired) electrons. The Morgan fingerprint density at radius 3 is 3.15 bits per heavy atom. The highest BCUT2D eigenvalue weighted by molar-refractivity contribution is 5.80. The first-order valence-corrected chi connectivity index (χ1v) is 3.98. The van der Waals surface area contributed by atoms with Crippen LogP contribution in [0.15, 0.2) is 10.9 Å². The zero-order valence-corrected chi connectivity index (χ0v) is 7.36. The van der Waals surface area contributed by atoms with Crippen molar-refractivity contribution >= 4 is 5.91 Å². The maximum Gasteiger partial charge on any atom is 0.236 e. The van der Waals surface area contributed by atoms with E-state index in [4.69, 9.17) is 5.73 Å². The third-order valence-corrected chi connectivity index (χ3v) is 1.47. The summed E-state index contributed by atoms with van der Waals surface area (Å²) in [5.74, 6) is 0.397. The molecule has 1 aromatic rings. The fourth-order valence-electron chi connectivity index (χ4n) is 0.761. The Labute approximate surface area is 75.5 Å². The molecule has 3 N–H and O–H groups in total. The molecule has 0 aliphatic rings. The Morgan fingerprint density at radius 2 is 2.62 bits per heavy atom. The molecule has 0 fully saturated rings. The van der Waals surface area contributed by atoms with Crippen LogP contribution in [0.1, 0.15) is 12.7 Å². The average molecular weight is 184 g/mol. The number of nitrogens with one attached hydrogen (secondary N) is 1. The van der Waals surface area contributed by atoms with Gasteiger partial charge in [0, 0.05) is 13.0 Å². The first kappa shape index (κ1) is 9.66. The van der Waals surface area contributed by atoms with E-state index in [-0.39, 0.29) is 5.91 Å². The Bertz CT molecular complexity index is 257. The predicted octanol–water partition coefficient (Wildman–Crippen LogP) is -0.924. The van der Waals surface area contributed by atoms with Crippen LogP contribution in [0.3, 0.4) is 0 Å². The molecule has 0 saturated heterocycles. The van der Waals surface area contributed by atoms with Gasteiger partial charge in [0.15, 0.2) is 5.82 Å². The number of carbonyl (C=O) groups excluding carboxylic acids is 1. The largest absolute Gasteiger partial charge is 0.354 e. The summed E-state index contributed by atoms with van der Waals surface area (Å²) in [7, 11) is 0. The Hall–Kier alpha value is -1.43. The summed E-state index contributed by atoms with van der Waals surface area (Å²) in [4.78, 5) is 14.8. The van der Waals surface area contributed by atoms with Gasteiger partial charge in [-0.3, -0.25) is 4.79 Å². The molecule has 0 spiro atoms. The van der Waals surface area contributed by atoms with Gasteiger partial charge < -0.3 is 15.6 Å². The van der Waals surface area contributed by atoms with E-state index in [0.717, 1.165) is 0 Å². The van der Waals surface area contributed by atoms with Crippen molar-refractivity contribution in [3.05, 3.63) is 12.2 Å². The highest BCUT2D eigenvalue weighted by Crippen LogP contribution is 1.88. The normalized spacial score (nSPS) is 12.5. The van der Waals surface area contributed by atoms with Crippen molar-refractivity contribution in [2.24, 2.45) is 5.73 Å². The lowest BCUT2D eigenvalue weighted by Crippen LogP contribution is -2.39. The van der Waals surface area contributed by atoms with E-state index in [1.54, 1.807) is 6.92 Å². The summed E-state index contributed by atoms with van der Waals surface area (Å²) in [6.07, 6.45) is 1.80. The summed E-state index contributed by atoms with van der Waals surface area (Å²) in [5.41, 5.74) is 5.33. The predicted molar refractivity (Wildman–Crippen MR) is 44.7 cm³/mol. The van der Waals surface area contributed by atoms with Crippen molar-refractivity contribution in [2.45, 2.75) is 19.4 Å². The Balaban J connectivity index is 2.18. The van der Waals surface area contributed by atoms with Crippen LogP contribution in [0, 0.1) is 0 Å². The lowest BCUT2D eigenvalue weighted by atomic mass is 10.3. The molecule has 1 heterocycles. The van der Waals surface area contributed by atoms with Crippen LogP contribution >= 0.6 is 0 Å². The molecule has 0 bridgehead atoms. The van der Waals surface area contributed by atoms with E-state index in [2.05, 4.69) is 20.0 Å². The minimum absolute atomic E-state index is 0.177. The maximum atomic E-state index is 11.0. The fraction of sp³-hybridized carbons (Fsp3) is 0.571. The van der Waals surface area contributed by atoms with Gasteiger partial charge in [0.1, 0.15) is 0 Å². The molecular formula is C7H12N4O2.